The van der Waals surface area contributed by atoms with Crippen LogP contribution in [0.3, 0.4) is 0 Å². The number of aromatic nitrogens is 1. The van der Waals surface area contributed by atoms with E-state index >= 15 is 0 Å². The van der Waals surface area contributed by atoms with Crippen LogP contribution >= 0.6 is 0 Å². The van der Waals surface area contributed by atoms with E-state index in [1.165, 1.54) is 6.20 Å². The van der Waals surface area contributed by atoms with Crippen LogP contribution in [0.2, 0.25) is 0 Å². The molecule has 6 heteroatoms. The van der Waals surface area contributed by atoms with Gasteiger partial charge < -0.3 is 15.2 Å². The number of carbonyl (C=O) groups is 2. The normalized spacial score (nSPS) is 10.3. The summed E-state index contributed by atoms with van der Waals surface area (Å²) in [6.45, 7) is 7.02. The maximum atomic E-state index is 12.0. The Morgan fingerprint density at radius 1 is 1.19 bits per heavy atom. The molecule has 2 aromatic rings. The number of benzene rings is 1. The fourth-order valence-corrected chi connectivity index (χ4v) is 2.11. The zero-order valence-electron chi connectivity index (χ0n) is 15.4. The summed E-state index contributed by atoms with van der Waals surface area (Å²) < 4.78 is 5.61. The van der Waals surface area contributed by atoms with Gasteiger partial charge in [0.15, 0.2) is 0 Å². The van der Waals surface area contributed by atoms with Crippen molar-refractivity contribution < 1.29 is 19.4 Å². The average molecular weight is 358 g/mol. The number of ether oxygens (including phenoxy) is 1. The van der Waals surface area contributed by atoms with E-state index in [0.717, 1.165) is 18.6 Å². The largest absolute Gasteiger partial charge is 0.483 e. The first-order chi connectivity index (χ1) is 12.4. The molecule has 0 saturated carbocycles. The lowest BCUT2D eigenvalue weighted by molar-refractivity contribution is -0.122. The number of carbonyl (C=O) groups excluding carboxylic acids is 1. The third-order valence-electron chi connectivity index (χ3n) is 3.35. The summed E-state index contributed by atoms with van der Waals surface area (Å²) in [5.41, 5.74) is 0.837. The molecule has 0 bridgehead atoms. The maximum Gasteiger partial charge on any atom is 0.290 e. The van der Waals surface area contributed by atoms with Crippen molar-refractivity contribution >= 4 is 12.4 Å². The van der Waals surface area contributed by atoms with Gasteiger partial charge in [0.05, 0.1) is 5.56 Å². The van der Waals surface area contributed by atoms with Gasteiger partial charge >= 0.3 is 0 Å². The Bertz CT molecular complexity index is 664. The van der Waals surface area contributed by atoms with Crippen LogP contribution in [0.25, 0.3) is 0 Å². The molecule has 2 rings (SSSR count). The van der Waals surface area contributed by atoms with E-state index in [1.54, 1.807) is 12.1 Å². The van der Waals surface area contributed by atoms with Crippen molar-refractivity contribution in [1.29, 1.82) is 0 Å². The highest BCUT2D eigenvalue weighted by molar-refractivity contribution is 5.93. The Labute approximate surface area is 154 Å². The first-order valence-corrected chi connectivity index (χ1v) is 8.41. The predicted molar refractivity (Wildman–Crippen MR) is 100 cm³/mol. The molecule has 0 aliphatic rings. The zero-order valence-corrected chi connectivity index (χ0v) is 15.4. The molecule has 1 aromatic carbocycles. The first kappa shape index (κ1) is 21.2. The molecule has 26 heavy (non-hydrogen) atoms. The van der Waals surface area contributed by atoms with Crippen LogP contribution in [0.5, 0.6) is 11.6 Å². The highest BCUT2D eigenvalue weighted by Gasteiger charge is 2.10. The molecule has 1 amide bonds. The maximum absolute atomic E-state index is 12.0. The van der Waals surface area contributed by atoms with Gasteiger partial charge in [-0.3, -0.25) is 9.59 Å². The summed E-state index contributed by atoms with van der Waals surface area (Å²) in [5.74, 6) is 1.09. The fourth-order valence-electron chi connectivity index (χ4n) is 2.11. The monoisotopic (exact) mass is 358 g/mol. The SMILES string of the molecule is CC(C)(C)CCCNC(=O)c1ccc(Oc2ccccc2)nc1.O=CO. The van der Waals surface area contributed by atoms with Crippen LogP contribution in [0.15, 0.2) is 48.7 Å². The standard InChI is InChI=1S/C19H24N2O2.CH2O2/c1-19(2,3)12-7-13-20-18(22)15-10-11-17(21-14-15)23-16-8-5-4-6-9-16;2-1-3/h4-6,8-11,14H,7,12-13H2,1-3H3,(H,20,22);1H,(H,2,3). The summed E-state index contributed by atoms with van der Waals surface area (Å²) in [7, 11) is 0. The number of para-hydroxylation sites is 1. The average Bonchev–Trinajstić information content (AvgIpc) is 2.60. The van der Waals surface area contributed by atoms with E-state index < -0.39 is 0 Å². The molecule has 2 N–H and O–H groups in total. The number of hydrogen-bond donors (Lipinski definition) is 2. The molecule has 0 aliphatic carbocycles. The van der Waals surface area contributed by atoms with Crippen molar-refractivity contribution in [3.63, 3.8) is 0 Å². The minimum atomic E-state index is -0.250. The number of carboxylic acid groups (broad SMARTS) is 1. The molecule has 0 radical (unpaired) electrons. The summed E-state index contributed by atoms with van der Waals surface area (Å²) in [4.78, 5) is 24.6. The molecule has 0 atom stereocenters. The molecule has 6 nitrogen and oxygen atoms in total. The van der Waals surface area contributed by atoms with Gasteiger partial charge in [0.2, 0.25) is 5.88 Å². The smallest absolute Gasteiger partial charge is 0.290 e. The second-order valence-corrected chi connectivity index (χ2v) is 6.83. The quantitative estimate of drug-likeness (QED) is 0.599. The highest BCUT2D eigenvalue weighted by Crippen LogP contribution is 2.20. The van der Waals surface area contributed by atoms with Gasteiger partial charge in [-0.25, -0.2) is 4.98 Å². The van der Waals surface area contributed by atoms with Gasteiger partial charge in [0, 0.05) is 18.8 Å². The van der Waals surface area contributed by atoms with Crippen molar-refractivity contribution in [2.24, 2.45) is 5.41 Å². The van der Waals surface area contributed by atoms with Crippen LogP contribution in [-0.2, 0) is 4.79 Å². The number of nitrogens with one attached hydrogen (secondary N) is 1. The molecule has 0 saturated heterocycles. The molecular formula is C20H26N2O4. The van der Waals surface area contributed by atoms with Crippen molar-refractivity contribution in [2.75, 3.05) is 6.54 Å². The van der Waals surface area contributed by atoms with E-state index in [-0.39, 0.29) is 12.4 Å². The minimum Gasteiger partial charge on any atom is -0.483 e. The lowest BCUT2D eigenvalue weighted by atomic mass is 9.91. The Kier molecular flexibility index (Phi) is 8.84. The minimum absolute atomic E-state index is 0.0994. The van der Waals surface area contributed by atoms with Gasteiger partial charge in [-0.15, -0.1) is 0 Å². The van der Waals surface area contributed by atoms with Gasteiger partial charge in [-0.05, 0) is 36.5 Å². The van der Waals surface area contributed by atoms with Crippen LogP contribution in [0.4, 0.5) is 0 Å². The van der Waals surface area contributed by atoms with Crippen molar-refractivity contribution in [3.8, 4) is 11.6 Å². The Morgan fingerprint density at radius 2 is 1.85 bits per heavy atom. The third kappa shape index (κ3) is 8.82. The number of amides is 1. The predicted octanol–water partition coefficient (Wildman–Crippen LogP) is 4.13. The van der Waals surface area contributed by atoms with Gasteiger partial charge in [0.1, 0.15) is 5.75 Å². The summed E-state index contributed by atoms with van der Waals surface area (Å²) in [6.07, 6.45) is 3.59. The third-order valence-corrected chi connectivity index (χ3v) is 3.35. The van der Waals surface area contributed by atoms with E-state index in [0.29, 0.717) is 23.4 Å². The van der Waals surface area contributed by atoms with Gasteiger partial charge in [-0.1, -0.05) is 39.0 Å². The lowest BCUT2D eigenvalue weighted by Crippen LogP contribution is -2.25. The molecule has 0 spiro atoms. The number of nitrogens with zero attached hydrogens (tertiary/aromatic N) is 1. The van der Waals surface area contributed by atoms with E-state index in [9.17, 15) is 4.79 Å². The molecule has 1 heterocycles. The van der Waals surface area contributed by atoms with Crippen LogP contribution in [-0.4, -0.2) is 29.0 Å². The van der Waals surface area contributed by atoms with E-state index in [4.69, 9.17) is 14.6 Å². The van der Waals surface area contributed by atoms with Gasteiger partial charge in [-0.2, -0.15) is 0 Å². The van der Waals surface area contributed by atoms with Crippen molar-refractivity contribution in [2.45, 2.75) is 33.6 Å². The van der Waals surface area contributed by atoms with Crippen molar-refractivity contribution in [3.05, 3.63) is 54.2 Å². The summed E-state index contributed by atoms with van der Waals surface area (Å²) >= 11 is 0. The second-order valence-electron chi connectivity index (χ2n) is 6.83. The lowest BCUT2D eigenvalue weighted by Gasteiger charge is -2.17. The van der Waals surface area contributed by atoms with Crippen LogP contribution in [0, 0.1) is 5.41 Å². The van der Waals surface area contributed by atoms with Crippen LogP contribution in [0.1, 0.15) is 44.0 Å². The first-order valence-electron chi connectivity index (χ1n) is 8.41. The molecule has 0 unspecified atom stereocenters. The fraction of sp³-hybridized carbons (Fsp3) is 0.350. The number of hydrogen-bond acceptors (Lipinski definition) is 4. The molecular weight excluding hydrogens is 332 g/mol. The van der Waals surface area contributed by atoms with Crippen molar-refractivity contribution in [1.82, 2.24) is 10.3 Å². The zero-order chi connectivity index (χ0) is 19.4. The van der Waals surface area contributed by atoms with E-state index in [2.05, 4.69) is 31.1 Å². The van der Waals surface area contributed by atoms with E-state index in [1.807, 2.05) is 30.3 Å². The molecule has 0 fully saturated rings. The van der Waals surface area contributed by atoms with Crippen LogP contribution < -0.4 is 10.1 Å². The highest BCUT2D eigenvalue weighted by atomic mass is 16.5. The number of pyridine rings is 1. The molecule has 140 valence electrons. The van der Waals surface area contributed by atoms with Gasteiger partial charge in [0.25, 0.3) is 12.4 Å². The number of rotatable bonds is 6. The molecule has 0 aliphatic heterocycles. The molecule has 1 aromatic heterocycles. The summed E-state index contributed by atoms with van der Waals surface area (Å²) in [6, 6.07) is 12.9. The Balaban J connectivity index is 0.00000105. The topological polar surface area (TPSA) is 88.5 Å². The Hall–Kier alpha value is -2.89. The second kappa shape index (κ2) is 10.9. The Morgan fingerprint density at radius 3 is 2.38 bits per heavy atom. The summed E-state index contributed by atoms with van der Waals surface area (Å²) in [5, 5.41) is 9.81.